The molecule has 0 fully saturated rings. The van der Waals surface area contributed by atoms with E-state index < -0.39 is 6.09 Å². The fraction of sp³-hybridized carbons (Fsp3) is 0.182. The van der Waals surface area contributed by atoms with E-state index in [1.54, 1.807) is 18.2 Å². The number of rotatable bonds is 2. The van der Waals surface area contributed by atoms with Crippen molar-refractivity contribution in [2.45, 2.75) is 6.61 Å². The Morgan fingerprint density at radius 1 is 1.65 bits per heavy atom. The number of hydrogen-bond acceptors (Lipinski definition) is 4. The molecule has 2 rings (SSSR count). The lowest BCUT2D eigenvalue weighted by Crippen LogP contribution is -2.18. The molecule has 6 heteroatoms. The maximum absolute atomic E-state index is 10.9. The standard InChI is InChI=1S/C11H10N4O2/c1-13-11(16)17-6-8-4-10-9(15-8)3-2-7(5-12)14-10/h2-4,15H,6H2,1H3,(H,13,16). The number of aromatic amines is 1. The molecule has 2 aromatic heterocycles. The first kappa shape index (κ1) is 11.0. The van der Waals surface area contributed by atoms with Crippen molar-refractivity contribution in [2.75, 3.05) is 7.05 Å². The largest absolute Gasteiger partial charge is 0.443 e. The summed E-state index contributed by atoms with van der Waals surface area (Å²) < 4.78 is 4.89. The molecule has 0 radical (unpaired) electrons. The van der Waals surface area contributed by atoms with Gasteiger partial charge in [0.05, 0.1) is 16.7 Å². The summed E-state index contributed by atoms with van der Waals surface area (Å²) in [5.41, 5.74) is 2.57. The molecule has 2 aromatic rings. The summed E-state index contributed by atoms with van der Waals surface area (Å²) in [4.78, 5) is 18.1. The first-order valence-electron chi connectivity index (χ1n) is 4.96. The fourth-order valence-electron chi connectivity index (χ4n) is 1.42. The van der Waals surface area contributed by atoms with Gasteiger partial charge in [0.2, 0.25) is 0 Å². The van der Waals surface area contributed by atoms with Crippen LogP contribution in [0.1, 0.15) is 11.4 Å². The SMILES string of the molecule is CNC(=O)OCc1cc2nc(C#N)ccc2[nH]1. The number of nitriles is 1. The summed E-state index contributed by atoms with van der Waals surface area (Å²) in [5, 5.41) is 11.1. The Morgan fingerprint density at radius 2 is 2.47 bits per heavy atom. The first-order valence-corrected chi connectivity index (χ1v) is 4.96. The summed E-state index contributed by atoms with van der Waals surface area (Å²) in [5.74, 6) is 0. The molecule has 17 heavy (non-hydrogen) atoms. The Kier molecular flexibility index (Phi) is 2.92. The van der Waals surface area contributed by atoms with E-state index >= 15 is 0 Å². The minimum Gasteiger partial charge on any atom is -0.443 e. The first-order chi connectivity index (χ1) is 8.22. The summed E-state index contributed by atoms with van der Waals surface area (Å²) in [6, 6.07) is 7.11. The monoisotopic (exact) mass is 230 g/mol. The highest BCUT2D eigenvalue weighted by molar-refractivity contribution is 5.76. The van der Waals surface area contributed by atoms with E-state index in [9.17, 15) is 4.79 Å². The van der Waals surface area contributed by atoms with Crippen molar-refractivity contribution in [2.24, 2.45) is 0 Å². The van der Waals surface area contributed by atoms with E-state index in [1.807, 2.05) is 6.07 Å². The predicted molar refractivity (Wildman–Crippen MR) is 60.1 cm³/mol. The number of nitrogens with zero attached hydrogens (tertiary/aromatic N) is 2. The van der Waals surface area contributed by atoms with Crippen molar-refractivity contribution >= 4 is 17.1 Å². The molecule has 1 amide bonds. The van der Waals surface area contributed by atoms with Gasteiger partial charge >= 0.3 is 6.09 Å². The molecule has 0 bridgehead atoms. The van der Waals surface area contributed by atoms with Gasteiger partial charge in [0.15, 0.2) is 0 Å². The Labute approximate surface area is 97.2 Å². The number of H-pyrrole nitrogens is 1. The molecule has 0 atom stereocenters. The van der Waals surface area contributed by atoms with Gasteiger partial charge < -0.3 is 15.0 Å². The number of pyridine rings is 1. The molecular formula is C11H10N4O2. The molecular weight excluding hydrogens is 220 g/mol. The maximum atomic E-state index is 10.9. The Hall–Kier alpha value is -2.55. The van der Waals surface area contributed by atoms with Crippen LogP contribution in [0.2, 0.25) is 0 Å². The quantitative estimate of drug-likeness (QED) is 0.813. The van der Waals surface area contributed by atoms with Crippen LogP contribution in [0.3, 0.4) is 0 Å². The smallest absolute Gasteiger partial charge is 0.407 e. The van der Waals surface area contributed by atoms with E-state index in [0.717, 1.165) is 11.2 Å². The molecule has 0 aliphatic rings. The van der Waals surface area contributed by atoms with Crippen LogP contribution in [0.4, 0.5) is 4.79 Å². The van der Waals surface area contributed by atoms with Crippen LogP contribution in [0.5, 0.6) is 0 Å². The second kappa shape index (κ2) is 4.53. The average Bonchev–Trinajstić information content (AvgIpc) is 2.77. The van der Waals surface area contributed by atoms with Crippen LogP contribution < -0.4 is 5.32 Å². The minimum atomic E-state index is -0.491. The molecule has 0 saturated carbocycles. The second-order valence-corrected chi connectivity index (χ2v) is 3.36. The van der Waals surface area contributed by atoms with Crippen molar-refractivity contribution in [3.8, 4) is 6.07 Å². The van der Waals surface area contributed by atoms with Crippen LogP contribution in [0.25, 0.3) is 11.0 Å². The van der Waals surface area contributed by atoms with Gasteiger partial charge in [0.1, 0.15) is 18.4 Å². The van der Waals surface area contributed by atoms with Gasteiger partial charge in [-0.25, -0.2) is 9.78 Å². The molecule has 0 aliphatic heterocycles. The molecule has 0 aliphatic carbocycles. The Morgan fingerprint density at radius 3 is 3.18 bits per heavy atom. The third-order valence-corrected chi connectivity index (χ3v) is 2.21. The highest BCUT2D eigenvalue weighted by atomic mass is 16.5. The third-order valence-electron chi connectivity index (χ3n) is 2.21. The zero-order chi connectivity index (χ0) is 12.3. The number of carbonyl (C=O) groups excluding carboxylic acids is 1. The van der Waals surface area contributed by atoms with Gasteiger partial charge in [-0.15, -0.1) is 0 Å². The normalized spacial score (nSPS) is 9.88. The maximum Gasteiger partial charge on any atom is 0.407 e. The zero-order valence-electron chi connectivity index (χ0n) is 9.15. The highest BCUT2D eigenvalue weighted by Crippen LogP contribution is 2.14. The number of ether oxygens (including phenoxy) is 1. The lowest BCUT2D eigenvalue weighted by Gasteiger charge is -2.00. The van der Waals surface area contributed by atoms with E-state index in [2.05, 4.69) is 15.3 Å². The van der Waals surface area contributed by atoms with Crippen molar-refractivity contribution in [3.63, 3.8) is 0 Å². The summed E-state index contributed by atoms with van der Waals surface area (Å²) in [6.07, 6.45) is -0.491. The Balaban J connectivity index is 2.20. The molecule has 86 valence electrons. The summed E-state index contributed by atoms with van der Waals surface area (Å²) >= 11 is 0. The van der Waals surface area contributed by atoms with Crippen LogP contribution >= 0.6 is 0 Å². The average molecular weight is 230 g/mol. The number of hydrogen-bond donors (Lipinski definition) is 2. The summed E-state index contributed by atoms with van der Waals surface area (Å²) in [6.45, 7) is 0.137. The van der Waals surface area contributed by atoms with Crippen LogP contribution in [0.15, 0.2) is 18.2 Å². The fourth-order valence-corrected chi connectivity index (χ4v) is 1.42. The molecule has 0 unspecified atom stereocenters. The van der Waals surface area contributed by atoms with Crippen LogP contribution in [0, 0.1) is 11.3 Å². The van der Waals surface area contributed by atoms with Gasteiger partial charge in [-0.2, -0.15) is 5.26 Å². The number of carbonyl (C=O) groups is 1. The Bertz CT molecular complexity index is 597. The minimum absolute atomic E-state index is 0.137. The van der Waals surface area contributed by atoms with E-state index in [-0.39, 0.29) is 6.61 Å². The summed E-state index contributed by atoms with van der Waals surface area (Å²) in [7, 11) is 1.49. The van der Waals surface area contributed by atoms with Crippen molar-refractivity contribution < 1.29 is 9.53 Å². The van der Waals surface area contributed by atoms with E-state index in [4.69, 9.17) is 10.00 Å². The molecule has 2 heterocycles. The molecule has 2 N–H and O–H groups in total. The van der Waals surface area contributed by atoms with Crippen molar-refractivity contribution in [1.29, 1.82) is 5.26 Å². The lowest BCUT2D eigenvalue weighted by atomic mass is 10.3. The second-order valence-electron chi connectivity index (χ2n) is 3.36. The number of aromatic nitrogens is 2. The third kappa shape index (κ3) is 2.34. The molecule has 0 aromatic carbocycles. The molecule has 0 saturated heterocycles. The van der Waals surface area contributed by atoms with Crippen molar-refractivity contribution in [1.82, 2.24) is 15.3 Å². The van der Waals surface area contributed by atoms with Gasteiger partial charge in [0.25, 0.3) is 0 Å². The van der Waals surface area contributed by atoms with Crippen molar-refractivity contribution in [3.05, 3.63) is 29.6 Å². The highest BCUT2D eigenvalue weighted by Gasteiger charge is 2.05. The van der Waals surface area contributed by atoms with Crippen LogP contribution in [-0.2, 0) is 11.3 Å². The number of amides is 1. The van der Waals surface area contributed by atoms with Gasteiger partial charge in [0, 0.05) is 7.05 Å². The van der Waals surface area contributed by atoms with Gasteiger partial charge in [-0.1, -0.05) is 0 Å². The van der Waals surface area contributed by atoms with Gasteiger partial charge in [-0.3, -0.25) is 0 Å². The van der Waals surface area contributed by atoms with Crippen LogP contribution in [-0.4, -0.2) is 23.1 Å². The lowest BCUT2D eigenvalue weighted by molar-refractivity contribution is 0.141. The number of alkyl carbamates (subject to hydrolysis) is 1. The van der Waals surface area contributed by atoms with E-state index in [0.29, 0.717) is 11.2 Å². The predicted octanol–water partition coefficient (Wildman–Crippen LogP) is 1.29. The van der Waals surface area contributed by atoms with Gasteiger partial charge in [-0.05, 0) is 18.2 Å². The number of fused-ring (bicyclic) bond motifs is 1. The molecule has 6 nitrogen and oxygen atoms in total. The van der Waals surface area contributed by atoms with E-state index in [1.165, 1.54) is 7.05 Å². The topological polar surface area (TPSA) is 90.8 Å². The zero-order valence-corrected chi connectivity index (χ0v) is 9.15. The number of nitrogens with one attached hydrogen (secondary N) is 2. The molecule has 0 spiro atoms.